The van der Waals surface area contributed by atoms with Gasteiger partial charge in [0.2, 0.25) is 0 Å². The highest BCUT2D eigenvalue weighted by atomic mass is 16.2. The first-order valence-electron chi connectivity index (χ1n) is 8.64. The van der Waals surface area contributed by atoms with E-state index < -0.39 is 11.6 Å². The molecule has 5 heteroatoms. The van der Waals surface area contributed by atoms with Gasteiger partial charge >= 0.3 is 6.03 Å². The van der Waals surface area contributed by atoms with E-state index in [0.29, 0.717) is 17.7 Å². The van der Waals surface area contributed by atoms with E-state index >= 15 is 0 Å². The van der Waals surface area contributed by atoms with Crippen LogP contribution in [0.25, 0.3) is 10.8 Å². The maximum atomic E-state index is 12.6. The molecule has 4 rings (SSSR count). The minimum Gasteiger partial charge on any atom is -0.302 e. The van der Waals surface area contributed by atoms with Crippen LogP contribution in [0.5, 0.6) is 0 Å². The van der Waals surface area contributed by atoms with Crippen molar-refractivity contribution in [2.45, 2.75) is 19.0 Å². The number of carbonyl (C=O) groups excluding carboxylic acids is 2. The van der Waals surface area contributed by atoms with Crippen molar-refractivity contribution in [3.05, 3.63) is 83.4 Å². The van der Waals surface area contributed by atoms with Crippen molar-refractivity contribution in [1.82, 2.24) is 10.2 Å². The lowest BCUT2D eigenvalue weighted by Gasteiger charge is -2.32. The molecule has 1 N–H and O–H groups in total. The molecule has 132 valence electrons. The summed E-state index contributed by atoms with van der Waals surface area (Å²) in [4.78, 5) is 26.7. The van der Waals surface area contributed by atoms with Gasteiger partial charge in [-0.05, 0) is 47.0 Å². The summed E-state index contributed by atoms with van der Waals surface area (Å²) >= 11 is 0. The first kappa shape index (κ1) is 16.8. The summed E-state index contributed by atoms with van der Waals surface area (Å²) in [6.07, 6.45) is 0. The van der Waals surface area contributed by atoms with Gasteiger partial charge in [0, 0.05) is 6.54 Å². The predicted octanol–water partition coefficient (Wildman–Crippen LogP) is 3.68. The van der Waals surface area contributed by atoms with Crippen LogP contribution in [0.3, 0.4) is 0 Å². The molecule has 1 aliphatic rings. The Balaban J connectivity index is 1.72. The zero-order valence-electron chi connectivity index (χ0n) is 14.8. The van der Waals surface area contributed by atoms with Crippen molar-refractivity contribution >= 4 is 22.7 Å². The van der Waals surface area contributed by atoms with E-state index in [1.165, 1.54) is 0 Å². The Kier molecular flexibility index (Phi) is 3.89. The highest BCUT2D eigenvalue weighted by Gasteiger charge is 2.50. The van der Waals surface area contributed by atoms with E-state index in [2.05, 4.69) is 11.4 Å². The summed E-state index contributed by atoms with van der Waals surface area (Å²) in [5, 5.41) is 13.6. The van der Waals surface area contributed by atoms with Gasteiger partial charge in [0.05, 0.1) is 11.6 Å². The predicted molar refractivity (Wildman–Crippen MR) is 102 cm³/mol. The molecule has 1 heterocycles. The zero-order chi connectivity index (χ0) is 19.0. The summed E-state index contributed by atoms with van der Waals surface area (Å²) in [5.41, 5.74) is 0.994. The van der Waals surface area contributed by atoms with E-state index in [0.717, 1.165) is 16.3 Å². The fraction of sp³-hybridized carbons (Fsp3) is 0.136. The van der Waals surface area contributed by atoms with Gasteiger partial charge in [-0.15, -0.1) is 0 Å². The van der Waals surface area contributed by atoms with Crippen molar-refractivity contribution in [2.24, 2.45) is 0 Å². The first-order chi connectivity index (χ1) is 13.0. The standard InChI is InChI=1S/C22H17N3O2/c1-22(19-10-7-15(13-23)8-11-19)20(26)24-21(27)25(22)14-16-6-9-17-4-2-3-5-18(17)12-16/h2-12H,14H2,1H3,(H,24,26,27)/t22-/m0/s1. The second kappa shape index (κ2) is 6.26. The van der Waals surface area contributed by atoms with Crippen molar-refractivity contribution in [3.63, 3.8) is 0 Å². The zero-order valence-corrected chi connectivity index (χ0v) is 14.8. The van der Waals surface area contributed by atoms with E-state index in [1.54, 1.807) is 36.1 Å². The molecule has 0 aliphatic carbocycles. The minimum atomic E-state index is -1.13. The van der Waals surface area contributed by atoms with E-state index in [4.69, 9.17) is 5.26 Å². The number of nitrogens with zero attached hydrogens (tertiary/aromatic N) is 2. The quantitative estimate of drug-likeness (QED) is 0.729. The maximum Gasteiger partial charge on any atom is 0.325 e. The van der Waals surface area contributed by atoms with Gasteiger partial charge in [0.25, 0.3) is 5.91 Å². The molecule has 27 heavy (non-hydrogen) atoms. The number of carbonyl (C=O) groups is 2. The Morgan fingerprint density at radius 3 is 2.41 bits per heavy atom. The third-order valence-corrected chi connectivity index (χ3v) is 5.18. The van der Waals surface area contributed by atoms with Crippen LogP contribution in [0.2, 0.25) is 0 Å². The van der Waals surface area contributed by atoms with E-state index in [9.17, 15) is 9.59 Å². The molecule has 3 amide bonds. The molecule has 0 saturated carbocycles. The molecule has 0 radical (unpaired) electrons. The van der Waals surface area contributed by atoms with Crippen LogP contribution < -0.4 is 5.32 Å². The molecule has 1 atom stereocenters. The molecule has 0 unspecified atom stereocenters. The number of nitrogens with one attached hydrogen (secondary N) is 1. The Bertz CT molecular complexity index is 1100. The number of benzene rings is 3. The number of imide groups is 1. The Hall–Kier alpha value is -3.65. The number of hydrogen-bond donors (Lipinski definition) is 1. The third kappa shape index (κ3) is 2.72. The average molecular weight is 355 g/mol. The van der Waals surface area contributed by atoms with Crippen LogP contribution in [-0.4, -0.2) is 16.8 Å². The van der Waals surface area contributed by atoms with Crippen LogP contribution in [0.1, 0.15) is 23.6 Å². The van der Waals surface area contributed by atoms with Gasteiger partial charge < -0.3 is 4.90 Å². The van der Waals surface area contributed by atoms with Crippen molar-refractivity contribution in [3.8, 4) is 6.07 Å². The van der Waals surface area contributed by atoms with Crippen LogP contribution >= 0.6 is 0 Å². The normalized spacial score (nSPS) is 19.2. The molecule has 1 fully saturated rings. The lowest BCUT2D eigenvalue weighted by Crippen LogP contribution is -2.43. The van der Waals surface area contributed by atoms with Crippen LogP contribution in [0, 0.1) is 11.3 Å². The molecule has 0 aromatic heterocycles. The number of urea groups is 1. The Labute approximate surface area is 156 Å². The van der Waals surface area contributed by atoms with Crippen LogP contribution in [0.4, 0.5) is 4.79 Å². The van der Waals surface area contributed by atoms with Crippen molar-refractivity contribution in [1.29, 1.82) is 5.26 Å². The number of nitriles is 1. The number of amides is 3. The highest BCUT2D eigenvalue weighted by Crippen LogP contribution is 2.34. The van der Waals surface area contributed by atoms with Crippen molar-refractivity contribution < 1.29 is 9.59 Å². The average Bonchev–Trinajstić information content (AvgIpc) is 2.92. The van der Waals surface area contributed by atoms with Gasteiger partial charge in [-0.3, -0.25) is 10.1 Å². The summed E-state index contributed by atoms with van der Waals surface area (Å²) in [5.74, 6) is -0.363. The van der Waals surface area contributed by atoms with Gasteiger partial charge in [-0.2, -0.15) is 5.26 Å². The van der Waals surface area contributed by atoms with Gasteiger partial charge in [0.1, 0.15) is 5.54 Å². The second-order valence-corrected chi connectivity index (χ2v) is 6.79. The number of fused-ring (bicyclic) bond motifs is 1. The molecule has 3 aromatic rings. The van der Waals surface area contributed by atoms with Gasteiger partial charge in [0.15, 0.2) is 0 Å². The van der Waals surface area contributed by atoms with Gasteiger partial charge in [-0.1, -0.05) is 48.5 Å². The maximum absolute atomic E-state index is 12.6. The fourth-order valence-electron chi connectivity index (χ4n) is 3.52. The molecule has 0 spiro atoms. The topological polar surface area (TPSA) is 73.2 Å². The monoisotopic (exact) mass is 355 g/mol. The number of rotatable bonds is 3. The van der Waals surface area contributed by atoms with Crippen LogP contribution in [0.15, 0.2) is 66.7 Å². The lowest BCUT2D eigenvalue weighted by molar-refractivity contribution is -0.126. The molecule has 1 aliphatic heterocycles. The number of hydrogen-bond acceptors (Lipinski definition) is 3. The lowest BCUT2D eigenvalue weighted by atomic mass is 9.89. The van der Waals surface area contributed by atoms with E-state index in [-0.39, 0.29) is 5.91 Å². The first-order valence-corrected chi connectivity index (χ1v) is 8.64. The Morgan fingerprint density at radius 2 is 1.70 bits per heavy atom. The van der Waals surface area contributed by atoms with Crippen LogP contribution in [-0.2, 0) is 16.9 Å². The second-order valence-electron chi connectivity index (χ2n) is 6.79. The smallest absolute Gasteiger partial charge is 0.302 e. The molecule has 0 bridgehead atoms. The minimum absolute atomic E-state index is 0.304. The van der Waals surface area contributed by atoms with Crippen molar-refractivity contribution in [2.75, 3.05) is 0 Å². The molecular weight excluding hydrogens is 338 g/mol. The summed E-state index contributed by atoms with van der Waals surface area (Å²) < 4.78 is 0. The largest absolute Gasteiger partial charge is 0.325 e. The summed E-state index contributed by atoms with van der Waals surface area (Å²) in [6.45, 7) is 2.04. The van der Waals surface area contributed by atoms with E-state index in [1.807, 2.05) is 42.5 Å². The summed E-state index contributed by atoms with van der Waals surface area (Å²) in [6, 6.07) is 22.4. The molecule has 5 nitrogen and oxygen atoms in total. The van der Waals surface area contributed by atoms with Gasteiger partial charge in [-0.25, -0.2) is 4.79 Å². The Morgan fingerprint density at radius 1 is 1.00 bits per heavy atom. The summed E-state index contributed by atoms with van der Waals surface area (Å²) in [7, 11) is 0. The molecular formula is C22H17N3O2. The molecule has 3 aromatic carbocycles. The fourth-order valence-corrected chi connectivity index (χ4v) is 3.52. The SMILES string of the molecule is C[C@]1(c2ccc(C#N)cc2)C(=O)NC(=O)N1Cc1ccc2ccccc2c1. The third-order valence-electron chi connectivity index (χ3n) is 5.18. The molecule has 1 saturated heterocycles. The highest BCUT2D eigenvalue weighted by molar-refractivity contribution is 6.07.